The number of carbonyl (C=O) groups is 1. The van der Waals surface area contributed by atoms with Crippen molar-refractivity contribution in [3.63, 3.8) is 0 Å². The summed E-state index contributed by atoms with van der Waals surface area (Å²) in [7, 11) is -3.60. The lowest BCUT2D eigenvalue weighted by Crippen LogP contribution is -2.33. The molecule has 2 N–H and O–H groups in total. The van der Waals surface area contributed by atoms with Crippen LogP contribution in [0.3, 0.4) is 0 Å². The molecule has 0 amide bonds. The topological polar surface area (TPSA) is 83.5 Å². The zero-order valence-corrected chi connectivity index (χ0v) is 11.8. The number of thioether (sulfide) groups is 1. The van der Waals surface area contributed by atoms with Crippen molar-refractivity contribution in [2.45, 2.75) is 17.2 Å². The summed E-state index contributed by atoms with van der Waals surface area (Å²) in [6.45, 7) is 1.76. The van der Waals surface area contributed by atoms with Crippen LogP contribution >= 0.6 is 23.1 Å². The highest BCUT2D eigenvalue weighted by molar-refractivity contribution is 7.98. The zero-order chi connectivity index (χ0) is 13.1. The average Bonchev–Trinajstić information content (AvgIpc) is 2.65. The number of nitrogens with one attached hydrogen (secondary N) is 1. The van der Waals surface area contributed by atoms with Crippen LogP contribution in [0.5, 0.6) is 0 Å². The molecule has 0 aliphatic rings. The molecule has 0 aromatic carbocycles. The maximum absolute atomic E-state index is 11.9. The predicted molar refractivity (Wildman–Crippen MR) is 69.4 cm³/mol. The lowest BCUT2D eigenvalue weighted by atomic mass is 10.4. The lowest BCUT2D eigenvalue weighted by molar-refractivity contribution is 0.0697. The Hall–Kier alpha value is -0.570. The van der Waals surface area contributed by atoms with E-state index in [1.54, 1.807) is 6.92 Å². The first-order valence-corrected chi connectivity index (χ1v) is 8.45. The van der Waals surface area contributed by atoms with E-state index < -0.39 is 16.0 Å². The van der Waals surface area contributed by atoms with E-state index >= 15 is 0 Å². The van der Waals surface area contributed by atoms with Gasteiger partial charge in [-0.2, -0.15) is 11.8 Å². The first kappa shape index (κ1) is 14.5. The minimum absolute atomic E-state index is 0.00658. The monoisotopic (exact) mass is 295 g/mol. The van der Waals surface area contributed by atoms with E-state index in [0.29, 0.717) is 5.75 Å². The molecule has 1 aromatic rings. The third-order valence-corrected chi connectivity index (χ3v) is 5.72. The van der Waals surface area contributed by atoms with E-state index in [0.717, 1.165) is 11.3 Å². The minimum atomic E-state index is -3.60. The highest BCUT2D eigenvalue weighted by atomic mass is 32.2. The summed E-state index contributed by atoms with van der Waals surface area (Å²) in [5, 5.41) is 10.0. The second-order valence-corrected chi connectivity index (χ2v) is 7.20. The zero-order valence-electron chi connectivity index (χ0n) is 9.34. The Balaban J connectivity index is 2.86. The van der Waals surface area contributed by atoms with Crippen molar-refractivity contribution in [1.82, 2.24) is 4.72 Å². The minimum Gasteiger partial charge on any atom is -0.478 e. The Morgan fingerprint density at radius 3 is 2.76 bits per heavy atom. The summed E-state index contributed by atoms with van der Waals surface area (Å²) in [5.41, 5.74) is -0.00658. The van der Waals surface area contributed by atoms with Crippen LogP contribution in [0.4, 0.5) is 0 Å². The molecule has 0 bridgehead atoms. The van der Waals surface area contributed by atoms with Gasteiger partial charge >= 0.3 is 5.97 Å². The van der Waals surface area contributed by atoms with Gasteiger partial charge in [-0.15, -0.1) is 11.3 Å². The van der Waals surface area contributed by atoms with Crippen molar-refractivity contribution in [3.05, 3.63) is 17.0 Å². The Bertz CT molecular complexity index is 494. The van der Waals surface area contributed by atoms with Gasteiger partial charge in [0, 0.05) is 17.2 Å². The molecule has 0 aliphatic carbocycles. The molecular formula is C9H13NO4S3. The van der Waals surface area contributed by atoms with Crippen LogP contribution in [-0.2, 0) is 10.0 Å². The maximum atomic E-state index is 11.9. The molecule has 0 spiro atoms. The predicted octanol–water partition coefficient (Wildman–Crippen LogP) is 1.48. The molecule has 0 saturated carbocycles. The molecule has 1 heterocycles. The van der Waals surface area contributed by atoms with Crippen LogP contribution in [0.2, 0.25) is 0 Å². The van der Waals surface area contributed by atoms with Crippen LogP contribution in [0, 0.1) is 0 Å². The molecule has 96 valence electrons. The van der Waals surface area contributed by atoms with E-state index in [2.05, 4.69) is 4.72 Å². The van der Waals surface area contributed by atoms with Gasteiger partial charge in [-0.1, -0.05) is 0 Å². The van der Waals surface area contributed by atoms with E-state index in [4.69, 9.17) is 5.11 Å². The molecule has 0 aliphatic heterocycles. The van der Waals surface area contributed by atoms with Crippen molar-refractivity contribution < 1.29 is 18.3 Å². The number of rotatable bonds is 6. The molecule has 5 nitrogen and oxygen atoms in total. The SMILES string of the molecule is CSCC(C)NS(=O)(=O)c1cc(C(=O)O)cs1. The molecule has 0 radical (unpaired) electrons. The highest BCUT2D eigenvalue weighted by Gasteiger charge is 2.20. The maximum Gasteiger partial charge on any atom is 0.336 e. The van der Waals surface area contributed by atoms with E-state index in [1.165, 1.54) is 23.2 Å². The van der Waals surface area contributed by atoms with Crippen molar-refractivity contribution in [2.75, 3.05) is 12.0 Å². The molecule has 1 aromatic heterocycles. The van der Waals surface area contributed by atoms with Gasteiger partial charge in [0.2, 0.25) is 10.0 Å². The number of sulfonamides is 1. The Morgan fingerprint density at radius 2 is 2.29 bits per heavy atom. The van der Waals surface area contributed by atoms with Crippen molar-refractivity contribution in [1.29, 1.82) is 0 Å². The lowest BCUT2D eigenvalue weighted by Gasteiger charge is -2.11. The van der Waals surface area contributed by atoms with Crippen molar-refractivity contribution in [2.24, 2.45) is 0 Å². The van der Waals surface area contributed by atoms with E-state index in [-0.39, 0.29) is 15.8 Å². The second kappa shape index (κ2) is 5.85. The summed E-state index contributed by atoms with van der Waals surface area (Å²) in [5.74, 6) is -0.462. The first-order valence-electron chi connectivity index (χ1n) is 4.70. The molecule has 1 rings (SSSR count). The van der Waals surface area contributed by atoms with Gasteiger partial charge in [0.05, 0.1) is 5.56 Å². The molecular weight excluding hydrogens is 282 g/mol. The third-order valence-electron chi connectivity index (χ3n) is 1.86. The number of aromatic carboxylic acids is 1. The van der Waals surface area contributed by atoms with Crippen LogP contribution in [-0.4, -0.2) is 37.5 Å². The van der Waals surface area contributed by atoms with E-state index in [9.17, 15) is 13.2 Å². The molecule has 17 heavy (non-hydrogen) atoms. The fourth-order valence-electron chi connectivity index (χ4n) is 1.18. The summed E-state index contributed by atoms with van der Waals surface area (Å²) < 4.78 is 26.2. The van der Waals surface area contributed by atoms with Gasteiger partial charge in [0.15, 0.2) is 0 Å². The Labute approximate surface area is 108 Å². The summed E-state index contributed by atoms with van der Waals surface area (Å²) in [6.07, 6.45) is 1.89. The van der Waals surface area contributed by atoms with E-state index in [1.807, 2.05) is 6.26 Å². The van der Waals surface area contributed by atoms with Crippen LogP contribution < -0.4 is 4.72 Å². The number of hydrogen-bond acceptors (Lipinski definition) is 5. The van der Waals surface area contributed by atoms with Crippen molar-refractivity contribution in [3.8, 4) is 0 Å². The smallest absolute Gasteiger partial charge is 0.336 e. The van der Waals surface area contributed by atoms with Gasteiger partial charge < -0.3 is 5.11 Å². The fourth-order valence-corrected chi connectivity index (χ4v) is 4.28. The summed E-state index contributed by atoms with van der Waals surface area (Å²) in [6, 6.07) is 0.978. The quantitative estimate of drug-likeness (QED) is 0.830. The van der Waals surface area contributed by atoms with Gasteiger partial charge in [-0.3, -0.25) is 0 Å². The normalized spacial score (nSPS) is 13.5. The highest BCUT2D eigenvalue weighted by Crippen LogP contribution is 2.20. The molecule has 0 saturated heterocycles. The van der Waals surface area contributed by atoms with Crippen LogP contribution in [0.1, 0.15) is 17.3 Å². The fraction of sp³-hybridized carbons (Fsp3) is 0.444. The molecule has 1 atom stereocenters. The molecule has 0 fully saturated rings. The number of carboxylic acid groups (broad SMARTS) is 1. The van der Waals surface area contributed by atoms with Gasteiger partial charge in [-0.25, -0.2) is 17.9 Å². The van der Waals surface area contributed by atoms with Gasteiger partial charge in [0.1, 0.15) is 4.21 Å². The number of carboxylic acids is 1. The van der Waals surface area contributed by atoms with Crippen LogP contribution in [0.25, 0.3) is 0 Å². The first-order chi connectivity index (χ1) is 7.86. The largest absolute Gasteiger partial charge is 0.478 e. The Morgan fingerprint density at radius 1 is 1.65 bits per heavy atom. The van der Waals surface area contributed by atoms with Crippen LogP contribution in [0.15, 0.2) is 15.7 Å². The second-order valence-electron chi connectivity index (χ2n) is 3.44. The van der Waals surface area contributed by atoms with Crippen molar-refractivity contribution >= 4 is 39.1 Å². The number of thiophene rings is 1. The molecule has 8 heteroatoms. The summed E-state index contributed by atoms with van der Waals surface area (Å²) >= 11 is 2.44. The molecule has 1 unspecified atom stereocenters. The standard InChI is InChI=1S/C9H13NO4S3/c1-6(4-15-2)10-17(13,14)8-3-7(5-16-8)9(11)12/h3,5-6,10H,4H2,1-2H3,(H,11,12). The third kappa shape index (κ3) is 3.98. The average molecular weight is 295 g/mol. The Kier molecular flexibility index (Phi) is 4.99. The van der Waals surface area contributed by atoms with Gasteiger partial charge in [-0.05, 0) is 19.2 Å². The van der Waals surface area contributed by atoms with Gasteiger partial charge in [0.25, 0.3) is 0 Å². The summed E-state index contributed by atoms with van der Waals surface area (Å²) in [4.78, 5) is 10.7. The number of hydrogen-bond donors (Lipinski definition) is 2.